The molecule has 0 spiro atoms. The highest BCUT2D eigenvalue weighted by molar-refractivity contribution is 5.78. The van der Waals surface area contributed by atoms with Crippen LogP contribution in [0.1, 0.15) is 20.8 Å². The summed E-state index contributed by atoms with van der Waals surface area (Å²) in [5.74, 6) is 0.257. The van der Waals surface area contributed by atoms with Gasteiger partial charge in [-0.25, -0.2) is 0 Å². The van der Waals surface area contributed by atoms with E-state index in [4.69, 9.17) is 0 Å². The Morgan fingerprint density at radius 1 is 1.55 bits per heavy atom. The lowest BCUT2D eigenvalue weighted by Gasteiger charge is -2.18. The van der Waals surface area contributed by atoms with Crippen LogP contribution in [0, 0.1) is 5.92 Å². The molecule has 64 valence electrons. The van der Waals surface area contributed by atoms with E-state index in [0.717, 1.165) is 5.57 Å². The summed E-state index contributed by atoms with van der Waals surface area (Å²) in [5.41, 5.74) is 1.02. The first-order valence-corrected chi connectivity index (χ1v) is 3.84. The second kappa shape index (κ2) is 4.16. The third-order valence-corrected chi connectivity index (χ3v) is 1.38. The second-order valence-corrected chi connectivity index (χ2v) is 3.31. The largest absolute Gasteiger partial charge is 0.342 e. The summed E-state index contributed by atoms with van der Waals surface area (Å²) < 4.78 is 0. The highest BCUT2D eigenvalue weighted by atomic mass is 16.2. The molecule has 0 atom stereocenters. The predicted octanol–water partition coefficient (Wildman–Crippen LogP) is 1.68. The van der Waals surface area contributed by atoms with Crippen molar-refractivity contribution in [2.45, 2.75) is 20.8 Å². The van der Waals surface area contributed by atoms with Crippen LogP contribution in [-0.2, 0) is 4.79 Å². The fourth-order valence-corrected chi connectivity index (χ4v) is 0.924. The molecule has 0 aromatic carbocycles. The number of carbonyl (C=O) groups is 1. The summed E-state index contributed by atoms with van der Waals surface area (Å²) in [6.07, 6.45) is 0. The minimum Gasteiger partial charge on any atom is -0.342 e. The zero-order valence-corrected chi connectivity index (χ0v) is 7.85. The standard InChI is InChI=1S/C9H17NO/c1-7(2)6-10(5)9(11)8(3)4/h8H,1,6H2,2-5H3. The van der Waals surface area contributed by atoms with E-state index in [9.17, 15) is 4.79 Å². The van der Waals surface area contributed by atoms with E-state index in [1.54, 1.807) is 11.9 Å². The summed E-state index contributed by atoms with van der Waals surface area (Å²) in [4.78, 5) is 13.0. The Balaban J connectivity index is 3.93. The van der Waals surface area contributed by atoms with E-state index >= 15 is 0 Å². The Kier molecular flexibility index (Phi) is 3.86. The Bertz CT molecular complexity index is 161. The minimum absolute atomic E-state index is 0.0827. The third-order valence-electron chi connectivity index (χ3n) is 1.38. The van der Waals surface area contributed by atoms with Crippen LogP contribution in [0.5, 0.6) is 0 Å². The average Bonchev–Trinajstić information content (AvgIpc) is 1.84. The topological polar surface area (TPSA) is 20.3 Å². The minimum atomic E-state index is 0.0827. The normalized spacial score (nSPS) is 9.91. The van der Waals surface area contributed by atoms with Crippen molar-refractivity contribution in [2.75, 3.05) is 13.6 Å². The Morgan fingerprint density at radius 2 is 2.00 bits per heavy atom. The van der Waals surface area contributed by atoms with Crippen molar-refractivity contribution in [3.8, 4) is 0 Å². The van der Waals surface area contributed by atoms with Crippen LogP contribution >= 0.6 is 0 Å². The van der Waals surface area contributed by atoms with Gasteiger partial charge in [0.15, 0.2) is 0 Å². The molecule has 0 bridgehead atoms. The highest BCUT2D eigenvalue weighted by Gasteiger charge is 2.11. The second-order valence-electron chi connectivity index (χ2n) is 3.31. The van der Waals surface area contributed by atoms with Crippen LogP contribution in [0.25, 0.3) is 0 Å². The lowest BCUT2D eigenvalue weighted by atomic mass is 10.2. The van der Waals surface area contributed by atoms with Gasteiger partial charge >= 0.3 is 0 Å². The first kappa shape index (κ1) is 10.2. The van der Waals surface area contributed by atoms with E-state index in [2.05, 4.69) is 6.58 Å². The Morgan fingerprint density at radius 3 is 2.27 bits per heavy atom. The summed E-state index contributed by atoms with van der Waals surface area (Å²) in [6, 6.07) is 0. The molecule has 0 heterocycles. The molecule has 0 fully saturated rings. The molecule has 0 radical (unpaired) electrons. The van der Waals surface area contributed by atoms with Crippen LogP contribution in [0.4, 0.5) is 0 Å². The predicted molar refractivity (Wildman–Crippen MR) is 47.3 cm³/mol. The van der Waals surface area contributed by atoms with Crippen molar-refractivity contribution in [2.24, 2.45) is 5.92 Å². The van der Waals surface area contributed by atoms with E-state index in [0.29, 0.717) is 6.54 Å². The first-order valence-electron chi connectivity index (χ1n) is 3.84. The molecule has 1 amide bonds. The number of carbonyl (C=O) groups excluding carboxylic acids is 1. The van der Waals surface area contributed by atoms with Crippen LogP contribution in [0.15, 0.2) is 12.2 Å². The van der Waals surface area contributed by atoms with Crippen LogP contribution in [0.2, 0.25) is 0 Å². The molecule has 0 saturated carbocycles. The maximum absolute atomic E-state index is 11.3. The molecule has 2 heteroatoms. The molecule has 0 rings (SSSR count). The van der Waals surface area contributed by atoms with Gasteiger partial charge < -0.3 is 4.90 Å². The smallest absolute Gasteiger partial charge is 0.225 e. The number of rotatable bonds is 3. The Hall–Kier alpha value is -0.790. The monoisotopic (exact) mass is 155 g/mol. The molecule has 0 N–H and O–H groups in total. The maximum Gasteiger partial charge on any atom is 0.225 e. The maximum atomic E-state index is 11.3. The van der Waals surface area contributed by atoms with Gasteiger partial charge in [-0.1, -0.05) is 26.0 Å². The molecule has 0 unspecified atom stereocenters. The molecule has 0 aliphatic carbocycles. The number of likely N-dealkylation sites (N-methyl/N-ethyl adjacent to an activating group) is 1. The summed E-state index contributed by atoms with van der Waals surface area (Å²) in [6.45, 7) is 10.1. The van der Waals surface area contributed by atoms with Crippen molar-refractivity contribution < 1.29 is 4.79 Å². The van der Waals surface area contributed by atoms with E-state index in [1.165, 1.54) is 0 Å². The third kappa shape index (κ3) is 3.81. The summed E-state index contributed by atoms with van der Waals surface area (Å²) in [7, 11) is 1.80. The zero-order chi connectivity index (χ0) is 9.02. The van der Waals surface area contributed by atoms with Crippen molar-refractivity contribution in [3.05, 3.63) is 12.2 Å². The number of hydrogen-bond acceptors (Lipinski definition) is 1. The molecule has 0 saturated heterocycles. The van der Waals surface area contributed by atoms with Crippen LogP contribution < -0.4 is 0 Å². The van der Waals surface area contributed by atoms with Gasteiger partial charge in [-0.2, -0.15) is 0 Å². The molecule has 0 aromatic heterocycles. The summed E-state index contributed by atoms with van der Waals surface area (Å²) >= 11 is 0. The van der Waals surface area contributed by atoms with Gasteiger partial charge in [0, 0.05) is 19.5 Å². The van der Waals surface area contributed by atoms with E-state index in [1.807, 2.05) is 20.8 Å². The fraction of sp³-hybridized carbons (Fsp3) is 0.667. The Labute approximate surface area is 68.9 Å². The fourth-order valence-electron chi connectivity index (χ4n) is 0.924. The molecular weight excluding hydrogens is 138 g/mol. The van der Waals surface area contributed by atoms with E-state index < -0.39 is 0 Å². The lowest BCUT2D eigenvalue weighted by molar-refractivity contribution is -0.132. The SMILES string of the molecule is C=C(C)CN(C)C(=O)C(C)C. The van der Waals surface area contributed by atoms with Gasteiger partial charge in [0.2, 0.25) is 5.91 Å². The average molecular weight is 155 g/mol. The lowest BCUT2D eigenvalue weighted by Crippen LogP contribution is -2.31. The van der Waals surface area contributed by atoms with Gasteiger partial charge in [0.1, 0.15) is 0 Å². The molecule has 11 heavy (non-hydrogen) atoms. The zero-order valence-electron chi connectivity index (χ0n) is 7.85. The van der Waals surface area contributed by atoms with Gasteiger partial charge in [-0.15, -0.1) is 0 Å². The molecule has 0 aliphatic heterocycles. The van der Waals surface area contributed by atoms with Crippen LogP contribution in [0.3, 0.4) is 0 Å². The molecule has 2 nitrogen and oxygen atoms in total. The number of amides is 1. The van der Waals surface area contributed by atoms with Crippen molar-refractivity contribution in [3.63, 3.8) is 0 Å². The highest BCUT2D eigenvalue weighted by Crippen LogP contribution is 2.00. The van der Waals surface area contributed by atoms with Crippen molar-refractivity contribution in [1.29, 1.82) is 0 Å². The quantitative estimate of drug-likeness (QED) is 0.568. The number of nitrogens with zero attached hydrogens (tertiary/aromatic N) is 1. The number of hydrogen-bond donors (Lipinski definition) is 0. The van der Waals surface area contributed by atoms with Gasteiger partial charge in [-0.3, -0.25) is 4.79 Å². The van der Waals surface area contributed by atoms with Gasteiger partial charge in [-0.05, 0) is 6.92 Å². The van der Waals surface area contributed by atoms with Crippen molar-refractivity contribution in [1.82, 2.24) is 4.90 Å². The van der Waals surface area contributed by atoms with Gasteiger partial charge in [0.05, 0.1) is 0 Å². The van der Waals surface area contributed by atoms with Gasteiger partial charge in [0.25, 0.3) is 0 Å². The molecule has 0 aliphatic rings. The van der Waals surface area contributed by atoms with E-state index in [-0.39, 0.29) is 11.8 Å². The molecule has 0 aromatic rings. The summed E-state index contributed by atoms with van der Waals surface area (Å²) in [5, 5.41) is 0. The van der Waals surface area contributed by atoms with Crippen molar-refractivity contribution >= 4 is 5.91 Å². The molecular formula is C9H17NO. The van der Waals surface area contributed by atoms with Crippen LogP contribution in [-0.4, -0.2) is 24.4 Å². The first-order chi connectivity index (χ1) is 4.95.